The molecule has 2 aromatic heterocycles. The van der Waals surface area contributed by atoms with Gasteiger partial charge in [0.2, 0.25) is 0 Å². The lowest BCUT2D eigenvalue weighted by Gasteiger charge is -2.17. The number of rotatable bonds is 2. The number of hydrogen-bond donors (Lipinski definition) is 0. The monoisotopic (exact) mass is 356 g/mol. The molecule has 0 unspecified atom stereocenters. The zero-order valence-electron chi connectivity index (χ0n) is 12.3. The molecule has 0 spiro atoms. The Labute approximate surface area is 138 Å². The lowest BCUT2D eigenvalue weighted by molar-refractivity contribution is -2.00. The topological polar surface area (TPSA) is 118 Å². The van der Waals surface area contributed by atoms with Gasteiger partial charge in [0.25, 0.3) is 0 Å². The molecule has 0 aliphatic carbocycles. The van der Waals surface area contributed by atoms with Gasteiger partial charge in [0.1, 0.15) is 11.1 Å². The minimum atomic E-state index is -4.94. The molecule has 0 fully saturated rings. The molecular formula is C14H13ClN2O5S. The van der Waals surface area contributed by atoms with Crippen LogP contribution in [0.25, 0.3) is 15.4 Å². The highest BCUT2D eigenvalue weighted by atomic mass is 35.7. The molecular weight excluding hydrogens is 344 g/mol. The predicted molar refractivity (Wildman–Crippen MR) is 72.0 cm³/mol. The Morgan fingerprint density at radius 2 is 1.70 bits per heavy atom. The van der Waals surface area contributed by atoms with Crippen LogP contribution in [0.5, 0.6) is 5.88 Å². The molecule has 122 valence electrons. The molecule has 23 heavy (non-hydrogen) atoms. The van der Waals surface area contributed by atoms with Crippen molar-refractivity contribution in [3.8, 4) is 16.3 Å². The molecule has 0 radical (unpaired) electrons. The average Bonchev–Trinajstić information content (AvgIpc) is 2.84. The third-order valence-electron chi connectivity index (χ3n) is 2.78. The molecule has 3 rings (SSSR count). The summed E-state index contributed by atoms with van der Waals surface area (Å²) in [6.07, 6.45) is 2.00. The predicted octanol–water partition coefficient (Wildman–Crippen LogP) is -1.89. The second-order valence-electron chi connectivity index (χ2n) is 4.41. The third-order valence-corrected chi connectivity index (χ3v) is 3.86. The van der Waals surface area contributed by atoms with E-state index < -0.39 is 10.2 Å². The first-order valence-electron chi connectivity index (χ1n) is 6.32. The van der Waals surface area contributed by atoms with Gasteiger partial charge in [-0.25, -0.2) is 18.6 Å². The van der Waals surface area contributed by atoms with Crippen LogP contribution in [0.2, 0.25) is 0 Å². The van der Waals surface area contributed by atoms with E-state index in [0.29, 0.717) is 0 Å². The van der Waals surface area contributed by atoms with Crippen molar-refractivity contribution in [2.24, 2.45) is 0 Å². The molecule has 0 saturated heterocycles. The Kier molecular flexibility index (Phi) is 5.47. The van der Waals surface area contributed by atoms with Gasteiger partial charge in [0, 0.05) is 13.0 Å². The minimum Gasteiger partial charge on any atom is -0.464 e. The first-order chi connectivity index (χ1) is 10.8. The highest BCUT2D eigenvalue weighted by Gasteiger charge is 2.21. The molecule has 1 aromatic carbocycles. The van der Waals surface area contributed by atoms with Gasteiger partial charge < -0.3 is 4.74 Å². The number of aromatic nitrogens is 2. The largest absolute Gasteiger partial charge is 0.464 e. The highest BCUT2D eigenvalue weighted by Crippen LogP contribution is 2.33. The van der Waals surface area contributed by atoms with Crippen molar-refractivity contribution in [3.63, 3.8) is 0 Å². The average molecular weight is 357 g/mol. The highest BCUT2D eigenvalue weighted by molar-refractivity contribution is 7.20. The summed E-state index contributed by atoms with van der Waals surface area (Å²) >= 11 is 1.64. The van der Waals surface area contributed by atoms with Crippen LogP contribution in [0.1, 0.15) is 5.69 Å². The Morgan fingerprint density at radius 1 is 1.09 bits per heavy atom. The van der Waals surface area contributed by atoms with Crippen LogP contribution in [0, 0.1) is 17.2 Å². The first kappa shape index (κ1) is 17.5. The van der Waals surface area contributed by atoms with Gasteiger partial charge in [-0.1, -0.05) is 30.3 Å². The van der Waals surface area contributed by atoms with Crippen molar-refractivity contribution in [1.82, 2.24) is 4.98 Å². The van der Waals surface area contributed by atoms with Crippen LogP contribution < -0.4 is 27.8 Å². The molecule has 0 aliphatic rings. The van der Waals surface area contributed by atoms with Crippen LogP contribution in [0.15, 0.2) is 42.6 Å². The van der Waals surface area contributed by atoms with Gasteiger partial charge in [0.05, 0.1) is 7.11 Å². The van der Waals surface area contributed by atoms with Crippen molar-refractivity contribution < 1.29 is 38.0 Å². The molecule has 0 N–H and O–H groups in total. The maximum absolute atomic E-state index is 8.49. The van der Waals surface area contributed by atoms with E-state index in [-0.39, 0.29) is 0 Å². The van der Waals surface area contributed by atoms with Crippen molar-refractivity contribution >= 4 is 16.3 Å². The minimum absolute atomic E-state index is 0.841. The second-order valence-corrected chi connectivity index (χ2v) is 6.14. The number of ether oxygens (including phenoxy) is 1. The number of fused-ring (bicyclic) bond motifs is 1. The Balaban J connectivity index is 0.000000338. The quantitative estimate of drug-likeness (QED) is 0.495. The molecule has 7 nitrogen and oxygen atoms in total. The van der Waals surface area contributed by atoms with Crippen molar-refractivity contribution in [2.45, 2.75) is 6.92 Å². The summed E-state index contributed by atoms with van der Waals surface area (Å²) < 4.78 is 41.5. The summed E-state index contributed by atoms with van der Waals surface area (Å²) in [5.41, 5.74) is 2.17. The summed E-state index contributed by atoms with van der Waals surface area (Å²) in [4.78, 5) is 6.59. The number of methoxy groups -OCH3 is 1. The maximum Gasteiger partial charge on any atom is 0.390 e. The molecule has 0 bridgehead atoms. The van der Waals surface area contributed by atoms with Crippen molar-refractivity contribution in [3.05, 3.63) is 48.3 Å². The number of benzene rings is 1. The number of aryl methyl sites for hydroxylation is 1. The fourth-order valence-electron chi connectivity index (χ4n) is 1.92. The summed E-state index contributed by atoms with van der Waals surface area (Å²) in [5, 5.41) is 0. The summed E-state index contributed by atoms with van der Waals surface area (Å²) in [5.74, 6) is 0.841. The van der Waals surface area contributed by atoms with Crippen LogP contribution in [0.4, 0.5) is 0 Å². The summed E-state index contributed by atoms with van der Waals surface area (Å²) in [6.45, 7) is 1.99. The molecule has 0 amide bonds. The van der Waals surface area contributed by atoms with E-state index in [1.54, 1.807) is 18.4 Å². The van der Waals surface area contributed by atoms with E-state index in [4.69, 9.17) is 23.4 Å². The van der Waals surface area contributed by atoms with Gasteiger partial charge in [-0.15, -0.1) is 10.2 Å². The van der Waals surface area contributed by atoms with Gasteiger partial charge in [-0.3, -0.25) is 0 Å². The van der Waals surface area contributed by atoms with Crippen LogP contribution in [0.3, 0.4) is 0 Å². The number of halogens is 1. The Morgan fingerprint density at radius 3 is 2.26 bits per heavy atom. The van der Waals surface area contributed by atoms with E-state index >= 15 is 0 Å². The molecule has 0 saturated carbocycles. The SMILES string of the molecule is COc1c(-c2ccccc2)sc2nc(C)cc[n+]12.[O-][Cl+3]([O-])([O-])[O-]. The number of nitrogens with zero attached hydrogens (tertiary/aromatic N) is 2. The zero-order chi connectivity index (χ0) is 17.0. The van der Waals surface area contributed by atoms with Crippen LogP contribution in [-0.2, 0) is 0 Å². The van der Waals surface area contributed by atoms with Crippen molar-refractivity contribution in [1.29, 1.82) is 0 Å². The zero-order valence-corrected chi connectivity index (χ0v) is 13.8. The summed E-state index contributed by atoms with van der Waals surface area (Å²) in [7, 11) is -3.25. The van der Waals surface area contributed by atoms with E-state index in [1.807, 2.05) is 41.8 Å². The third kappa shape index (κ3) is 4.83. The van der Waals surface area contributed by atoms with Gasteiger partial charge in [-0.05, 0) is 21.9 Å². The van der Waals surface area contributed by atoms with Crippen LogP contribution >= 0.6 is 11.3 Å². The smallest absolute Gasteiger partial charge is 0.390 e. The Hall–Kier alpha value is -1.81. The lowest BCUT2D eigenvalue weighted by Crippen LogP contribution is -2.68. The Bertz CT molecular complexity index is 783. The number of hydrogen-bond acceptors (Lipinski definition) is 7. The molecule has 3 aromatic rings. The second kappa shape index (κ2) is 7.18. The lowest BCUT2D eigenvalue weighted by atomic mass is 10.2. The molecule has 0 atom stereocenters. The maximum atomic E-state index is 8.49. The normalized spacial score (nSPS) is 11.0. The number of thiazole rings is 1. The van der Waals surface area contributed by atoms with E-state index in [0.717, 1.165) is 27.0 Å². The van der Waals surface area contributed by atoms with E-state index in [1.165, 1.54) is 0 Å². The fourth-order valence-corrected chi connectivity index (χ4v) is 3.06. The van der Waals surface area contributed by atoms with Crippen molar-refractivity contribution in [2.75, 3.05) is 7.11 Å². The van der Waals surface area contributed by atoms with Gasteiger partial charge in [0.15, 0.2) is 5.69 Å². The standard InChI is InChI=1S/C14H13N2OS.ClHO4/c1-10-8-9-16-13(17-2)12(18-14(16)15-10)11-6-4-3-5-7-11;2-1(3,4)5/h3-9H,1-2H3;(H,2,3,4,5)/q+1;/p-1. The fraction of sp³-hybridized carbons (Fsp3) is 0.143. The summed E-state index contributed by atoms with van der Waals surface area (Å²) in [6, 6.07) is 12.2. The van der Waals surface area contributed by atoms with E-state index in [2.05, 4.69) is 17.1 Å². The molecule has 2 heterocycles. The molecule has 0 aliphatic heterocycles. The first-order valence-corrected chi connectivity index (χ1v) is 8.37. The van der Waals surface area contributed by atoms with Crippen LogP contribution in [-0.4, -0.2) is 12.1 Å². The molecule has 9 heteroatoms. The van der Waals surface area contributed by atoms with E-state index in [9.17, 15) is 0 Å². The van der Waals surface area contributed by atoms with Gasteiger partial charge >= 0.3 is 10.8 Å². The van der Waals surface area contributed by atoms with Gasteiger partial charge in [-0.2, -0.15) is 4.40 Å².